The Labute approximate surface area is 171 Å². The smallest absolute Gasteiger partial charge is 0.422 e. The lowest BCUT2D eigenvalue weighted by atomic mass is 10.1. The second-order valence-electron chi connectivity index (χ2n) is 7.51. The minimum absolute atomic E-state index is 0.232. The molecule has 0 aromatic heterocycles. The zero-order chi connectivity index (χ0) is 21.4. The van der Waals surface area contributed by atoms with Crippen molar-refractivity contribution in [3.05, 3.63) is 29.3 Å². The first kappa shape index (κ1) is 23.3. The van der Waals surface area contributed by atoms with E-state index in [0.717, 1.165) is 38.3 Å². The molecule has 1 fully saturated rings. The fourth-order valence-electron chi connectivity index (χ4n) is 3.14. The van der Waals surface area contributed by atoms with Crippen molar-refractivity contribution in [2.45, 2.75) is 32.6 Å². The highest BCUT2D eigenvalue weighted by Crippen LogP contribution is 2.23. The fourth-order valence-corrected chi connectivity index (χ4v) is 3.14. The van der Waals surface area contributed by atoms with Crippen molar-refractivity contribution in [3.63, 3.8) is 0 Å². The lowest BCUT2D eigenvalue weighted by Crippen LogP contribution is -2.52. The van der Waals surface area contributed by atoms with E-state index in [1.54, 1.807) is 19.2 Å². The average molecular weight is 416 g/mol. The van der Waals surface area contributed by atoms with Crippen LogP contribution in [0.1, 0.15) is 18.1 Å². The molecule has 0 radical (unpaired) electrons. The number of nitrogens with one attached hydrogen (secondary N) is 2. The molecule has 0 aliphatic carbocycles. The van der Waals surface area contributed by atoms with Crippen molar-refractivity contribution < 1.29 is 17.9 Å². The Balaban J connectivity index is 1.87. The molecule has 2 rings (SSSR count). The van der Waals surface area contributed by atoms with E-state index >= 15 is 0 Å². The Morgan fingerprint density at radius 2 is 1.90 bits per heavy atom. The normalized spacial score (nSPS) is 17.8. The molecule has 0 bridgehead atoms. The van der Waals surface area contributed by atoms with Crippen LogP contribution in [-0.2, 0) is 6.54 Å². The number of piperazine rings is 1. The van der Waals surface area contributed by atoms with Gasteiger partial charge in [0, 0.05) is 57.9 Å². The molecule has 0 amide bonds. The number of likely N-dealkylation sites (N-methyl/N-ethyl adjacent to an activating group) is 1. The summed E-state index contributed by atoms with van der Waals surface area (Å²) in [6.07, 6.45) is -4.37. The predicted octanol–water partition coefficient (Wildman–Crippen LogP) is 2.24. The molecule has 1 atom stereocenters. The molecule has 0 spiro atoms. The van der Waals surface area contributed by atoms with Gasteiger partial charge in [0.2, 0.25) is 0 Å². The summed E-state index contributed by atoms with van der Waals surface area (Å²) in [6, 6.07) is 5.60. The molecule has 6 nitrogen and oxygen atoms in total. The van der Waals surface area contributed by atoms with Gasteiger partial charge in [-0.05, 0) is 32.5 Å². The number of alkyl halides is 3. The zero-order valence-electron chi connectivity index (χ0n) is 17.6. The van der Waals surface area contributed by atoms with Gasteiger partial charge in [-0.2, -0.15) is 13.2 Å². The number of rotatable bonds is 7. The van der Waals surface area contributed by atoms with Gasteiger partial charge < -0.3 is 20.3 Å². The average Bonchev–Trinajstić information content (AvgIpc) is 2.67. The quantitative estimate of drug-likeness (QED) is 0.529. The molecule has 1 saturated heterocycles. The lowest BCUT2D eigenvalue weighted by Gasteiger charge is -2.36. The van der Waals surface area contributed by atoms with Crippen molar-refractivity contribution in [1.82, 2.24) is 20.4 Å². The third-order valence-electron chi connectivity index (χ3n) is 5.01. The van der Waals surface area contributed by atoms with Crippen molar-refractivity contribution >= 4 is 5.96 Å². The van der Waals surface area contributed by atoms with Crippen LogP contribution in [0.4, 0.5) is 13.2 Å². The highest BCUT2D eigenvalue weighted by atomic mass is 19.4. The highest BCUT2D eigenvalue weighted by molar-refractivity contribution is 5.79. The predicted molar refractivity (Wildman–Crippen MR) is 109 cm³/mol. The van der Waals surface area contributed by atoms with Gasteiger partial charge in [0.25, 0.3) is 0 Å². The highest BCUT2D eigenvalue weighted by Gasteiger charge is 2.28. The second-order valence-corrected chi connectivity index (χ2v) is 7.51. The molecule has 29 heavy (non-hydrogen) atoms. The first-order chi connectivity index (χ1) is 13.7. The van der Waals surface area contributed by atoms with Gasteiger partial charge in [0.1, 0.15) is 5.75 Å². The summed E-state index contributed by atoms with van der Waals surface area (Å²) in [5.41, 5.74) is 1.49. The molecular weight excluding hydrogens is 383 g/mol. The van der Waals surface area contributed by atoms with Crippen molar-refractivity contribution in [1.29, 1.82) is 0 Å². The Bertz CT molecular complexity index is 673. The molecule has 9 heteroatoms. The van der Waals surface area contributed by atoms with Crippen LogP contribution >= 0.6 is 0 Å². The first-order valence-electron chi connectivity index (χ1n) is 9.84. The maximum atomic E-state index is 12.5. The summed E-state index contributed by atoms with van der Waals surface area (Å²) in [6.45, 7) is 7.93. The lowest BCUT2D eigenvalue weighted by molar-refractivity contribution is -0.153. The van der Waals surface area contributed by atoms with Crippen molar-refractivity contribution in [2.75, 3.05) is 53.4 Å². The van der Waals surface area contributed by atoms with E-state index in [1.807, 2.05) is 13.0 Å². The largest absolute Gasteiger partial charge is 0.484 e. The third-order valence-corrected chi connectivity index (χ3v) is 5.01. The Hall–Kier alpha value is -2.00. The number of benzene rings is 1. The topological polar surface area (TPSA) is 52.1 Å². The Morgan fingerprint density at radius 3 is 2.52 bits per heavy atom. The molecule has 0 saturated carbocycles. The van der Waals surface area contributed by atoms with E-state index < -0.39 is 12.8 Å². The van der Waals surface area contributed by atoms with Gasteiger partial charge in [0.05, 0.1) is 0 Å². The summed E-state index contributed by atoms with van der Waals surface area (Å²) in [7, 11) is 3.80. The van der Waals surface area contributed by atoms with Gasteiger partial charge in [-0.25, -0.2) is 0 Å². The SMILES string of the molecule is CN=C(NCc1ccc(C)cc1OCC(F)(F)F)NCC(C)N1CCN(C)CC1. The minimum atomic E-state index is -4.37. The molecule has 1 aromatic carbocycles. The number of aliphatic imine (C=N–C) groups is 1. The van der Waals surface area contributed by atoms with E-state index in [-0.39, 0.29) is 5.75 Å². The molecule has 1 aliphatic heterocycles. The van der Waals surface area contributed by atoms with Crippen LogP contribution in [0.15, 0.2) is 23.2 Å². The Kier molecular flexibility index (Phi) is 8.58. The number of guanidine groups is 1. The number of hydrogen-bond acceptors (Lipinski definition) is 4. The molecule has 1 aromatic rings. The zero-order valence-corrected chi connectivity index (χ0v) is 17.6. The van der Waals surface area contributed by atoms with E-state index in [2.05, 4.69) is 39.4 Å². The number of ether oxygens (including phenoxy) is 1. The monoisotopic (exact) mass is 415 g/mol. The van der Waals surface area contributed by atoms with Crippen LogP contribution in [0.3, 0.4) is 0 Å². The standard InChI is InChI=1S/C20H32F3N5O/c1-15-5-6-17(18(11-15)29-14-20(21,22)23)13-26-19(24-3)25-12-16(2)28-9-7-27(4)8-10-28/h5-6,11,16H,7-10,12-14H2,1-4H3,(H2,24,25,26). The summed E-state index contributed by atoms with van der Waals surface area (Å²) >= 11 is 0. The summed E-state index contributed by atoms with van der Waals surface area (Å²) in [5.74, 6) is 0.837. The van der Waals surface area contributed by atoms with Gasteiger partial charge >= 0.3 is 6.18 Å². The van der Waals surface area contributed by atoms with E-state index in [4.69, 9.17) is 4.74 Å². The number of aryl methyl sites for hydroxylation is 1. The molecule has 1 heterocycles. The van der Waals surface area contributed by atoms with Gasteiger partial charge in [-0.1, -0.05) is 12.1 Å². The maximum Gasteiger partial charge on any atom is 0.422 e. The van der Waals surface area contributed by atoms with Gasteiger partial charge in [-0.15, -0.1) is 0 Å². The van der Waals surface area contributed by atoms with Crippen LogP contribution in [0.2, 0.25) is 0 Å². The number of halogens is 3. The summed E-state index contributed by atoms with van der Waals surface area (Å²) < 4.78 is 42.5. The van der Waals surface area contributed by atoms with Crippen LogP contribution < -0.4 is 15.4 Å². The summed E-state index contributed by atoms with van der Waals surface area (Å²) in [4.78, 5) is 8.96. The number of hydrogen-bond donors (Lipinski definition) is 2. The van der Waals surface area contributed by atoms with E-state index in [9.17, 15) is 13.2 Å². The molecule has 2 N–H and O–H groups in total. The fraction of sp³-hybridized carbons (Fsp3) is 0.650. The van der Waals surface area contributed by atoms with E-state index in [0.29, 0.717) is 24.1 Å². The molecule has 164 valence electrons. The maximum absolute atomic E-state index is 12.5. The van der Waals surface area contributed by atoms with Gasteiger partial charge in [0.15, 0.2) is 12.6 Å². The van der Waals surface area contributed by atoms with Crippen LogP contribution in [0.5, 0.6) is 5.75 Å². The Morgan fingerprint density at radius 1 is 1.21 bits per heavy atom. The number of nitrogens with zero attached hydrogens (tertiary/aromatic N) is 3. The van der Waals surface area contributed by atoms with Crippen molar-refractivity contribution in [3.8, 4) is 5.75 Å². The summed E-state index contributed by atoms with van der Waals surface area (Å²) in [5, 5.41) is 6.46. The van der Waals surface area contributed by atoms with Crippen LogP contribution in [0, 0.1) is 6.92 Å². The first-order valence-corrected chi connectivity index (χ1v) is 9.84. The van der Waals surface area contributed by atoms with Crippen LogP contribution in [-0.4, -0.2) is 81.4 Å². The third kappa shape index (κ3) is 8.10. The van der Waals surface area contributed by atoms with E-state index in [1.165, 1.54) is 0 Å². The molecular formula is C20H32F3N5O. The minimum Gasteiger partial charge on any atom is -0.484 e. The molecule has 1 aliphatic rings. The van der Waals surface area contributed by atoms with Crippen molar-refractivity contribution in [2.24, 2.45) is 4.99 Å². The second kappa shape index (κ2) is 10.7. The molecule has 1 unspecified atom stereocenters. The van der Waals surface area contributed by atoms with Gasteiger partial charge in [-0.3, -0.25) is 9.89 Å². The van der Waals surface area contributed by atoms with Crippen LogP contribution in [0.25, 0.3) is 0 Å².